The molecule has 3 aromatic rings. The van der Waals surface area contributed by atoms with Crippen LogP contribution in [0.5, 0.6) is 5.75 Å². The Labute approximate surface area is 172 Å². The molecule has 0 radical (unpaired) electrons. The van der Waals surface area contributed by atoms with Crippen LogP contribution in [0.1, 0.15) is 33.7 Å². The maximum absolute atomic E-state index is 11.6. The van der Waals surface area contributed by atoms with Crippen molar-refractivity contribution in [2.45, 2.75) is 25.2 Å². The van der Waals surface area contributed by atoms with Crippen LogP contribution in [0.4, 0.5) is 5.69 Å². The van der Waals surface area contributed by atoms with Crippen molar-refractivity contribution in [2.24, 2.45) is 0 Å². The van der Waals surface area contributed by atoms with Crippen LogP contribution in [0, 0.1) is 0 Å². The number of anilines is 1. The first-order chi connectivity index (χ1) is 13.9. The molecule has 0 saturated carbocycles. The molecule has 150 valence electrons. The molecule has 1 atom stereocenters. The Morgan fingerprint density at radius 1 is 0.931 bits per heavy atom. The number of hydrogen-bond donors (Lipinski definition) is 1. The number of benzene rings is 3. The van der Waals surface area contributed by atoms with Gasteiger partial charge in [-0.25, -0.2) is 8.42 Å². The van der Waals surface area contributed by atoms with Crippen LogP contribution < -0.4 is 9.46 Å². The average Bonchev–Trinajstić information content (AvgIpc) is 2.84. The zero-order valence-corrected chi connectivity index (χ0v) is 17.5. The number of fused-ring (bicyclic) bond motifs is 2. The van der Waals surface area contributed by atoms with E-state index in [4.69, 9.17) is 4.74 Å². The molecule has 0 aliphatic heterocycles. The normalized spacial score (nSPS) is 15.7. The largest absolute Gasteiger partial charge is 0.497 e. The van der Waals surface area contributed by atoms with Gasteiger partial charge in [0.1, 0.15) is 5.75 Å². The SMILES string of the molecule is COc1ccc2c(c1)CCc1ccccc1[C@@H]2Cc1cccc(NS(C)(=O)=O)c1. The summed E-state index contributed by atoms with van der Waals surface area (Å²) in [6.07, 6.45) is 3.96. The van der Waals surface area contributed by atoms with Gasteiger partial charge in [-0.3, -0.25) is 4.72 Å². The van der Waals surface area contributed by atoms with Gasteiger partial charge in [-0.2, -0.15) is 0 Å². The third-order valence-electron chi connectivity index (χ3n) is 5.49. The van der Waals surface area contributed by atoms with E-state index in [1.165, 1.54) is 28.5 Å². The van der Waals surface area contributed by atoms with Crippen LogP contribution in [-0.2, 0) is 29.3 Å². The molecule has 0 fully saturated rings. The predicted octanol–water partition coefficient (Wildman–Crippen LogP) is 4.54. The van der Waals surface area contributed by atoms with E-state index in [0.29, 0.717) is 5.69 Å². The zero-order chi connectivity index (χ0) is 20.4. The number of hydrogen-bond acceptors (Lipinski definition) is 3. The highest BCUT2D eigenvalue weighted by Crippen LogP contribution is 2.38. The van der Waals surface area contributed by atoms with Gasteiger partial charge in [-0.1, -0.05) is 42.5 Å². The van der Waals surface area contributed by atoms with Gasteiger partial charge in [0, 0.05) is 11.6 Å². The average molecular weight is 408 g/mol. The summed E-state index contributed by atoms with van der Waals surface area (Å²) in [5, 5.41) is 0. The van der Waals surface area contributed by atoms with E-state index in [0.717, 1.165) is 30.6 Å². The van der Waals surface area contributed by atoms with Crippen LogP contribution in [0.2, 0.25) is 0 Å². The first-order valence-electron chi connectivity index (χ1n) is 9.74. The second-order valence-corrected chi connectivity index (χ2v) is 9.34. The molecule has 0 saturated heterocycles. The maximum atomic E-state index is 11.6. The Bertz CT molecular complexity index is 1140. The predicted molar refractivity (Wildman–Crippen MR) is 117 cm³/mol. The minimum Gasteiger partial charge on any atom is -0.497 e. The third kappa shape index (κ3) is 4.46. The molecule has 3 aromatic carbocycles. The summed E-state index contributed by atoms with van der Waals surface area (Å²) < 4.78 is 31.3. The standard InChI is InChI=1S/C24H25NO3S/c1-28-21-12-13-23-19(16-21)11-10-18-7-3-4-9-22(18)24(23)15-17-6-5-8-20(14-17)25-29(2,26)27/h3-9,12-14,16,24-25H,10-11,15H2,1-2H3/t24-/m0/s1. The van der Waals surface area contributed by atoms with E-state index in [2.05, 4.69) is 47.2 Å². The van der Waals surface area contributed by atoms with Crippen molar-refractivity contribution in [3.05, 3.63) is 94.5 Å². The van der Waals surface area contributed by atoms with Gasteiger partial charge in [0.2, 0.25) is 10.0 Å². The summed E-state index contributed by atoms with van der Waals surface area (Å²) in [6, 6.07) is 22.7. The fraction of sp³-hybridized carbons (Fsp3) is 0.250. The van der Waals surface area contributed by atoms with E-state index in [1.54, 1.807) is 13.2 Å². The lowest BCUT2D eigenvalue weighted by Gasteiger charge is -2.21. The topological polar surface area (TPSA) is 55.4 Å². The molecule has 5 heteroatoms. The Morgan fingerprint density at radius 3 is 2.48 bits per heavy atom. The zero-order valence-electron chi connectivity index (χ0n) is 16.7. The minimum absolute atomic E-state index is 0.211. The van der Waals surface area contributed by atoms with Crippen molar-refractivity contribution in [2.75, 3.05) is 18.1 Å². The molecular formula is C24H25NO3S. The molecule has 0 heterocycles. The molecule has 0 spiro atoms. The van der Waals surface area contributed by atoms with Crippen molar-refractivity contribution >= 4 is 15.7 Å². The first kappa shape index (κ1) is 19.5. The maximum Gasteiger partial charge on any atom is 0.229 e. The van der Waals surface area contributed by atoms with Crippen LogP contribution in [0.25, 0.3) is 0 Å². The van der Waals surface area contributed by atoms with Crippen molar-refractivity contribution in [1.29, 1.82) is 0 Å². The lowest BCUT2D eigenvalue weighted by atomic mass is 9.83. The van der Waals surface area contributed by atoms with Gasteiger partial charge in [0.25, 0.3) is 0 Å². The molecule has 0 aromatic heterocycles. The lowest BCUT2D eigenvalue weighted by Crippen LogP contribution is -2.11. The molecular weight excluding hydrogens is 382 g/mol. The fourth-order valence-electron chi connectivity index (χ4n) is 4.24. The van der Waals surface area contributed by atoms with E-state index in [9.17, 15) is 8.42 Å². The molecule has 29 heavy (non-hydrogen) atoms. The molecule has 1 aliphatic rings. The number of ether oxygens (including phenoxy) is 1. The van der Waals surface area contributed by atoms with Crippen molar-refractivity contribution < 1.29 is 13.2 Å². The smallest absolute Gasteiger partial charge is 0.229 e. The van der Waals surface area contributed by atoms with Crippen molar-refractivity contribution in [1.82, 2.24) is 0 Å². The highest BCUT2D eigenvalue weighted by Gasteiger charge is 2.24. The molecule has 0 bridgehead atoms. The second-order valence-electron chi connectivity index (χ2n) is 7.59. The van der Waals surface area contributed by atoms with Gasteiger partial charge in [-0.15, -0.1) is 0 Å². The molecule has 4 rings (SSSR count). The number of nitrogens with one attached hydrogen (secondary N) is 1. The molecule has 4 nitrogen and oxygen atoms in total. The number of rotatable bonds is 5. The summed E-state index contributed by atoms with van der Waals surface area (Å²) in [4.78, 5) is 0. The van der Waals surface area contributed by atoms with E-state index >= 15 is 0 Å². The first-order valence-corrected chi connectivity index (χ1v) is 11.6. The van der Waals surface area contributed by atoms with E-state index in [1.807, 2.05) is 18.2 Å². The van der Waals surface area contributed by atoms with Gasteiger partial charge in [-0.05, 0) is 71.3 Å². The van der Waals surface area contributed by atoms with Crippen LogP contribution in [0.3, 0.4) is 0 Å². The third-order valence-corrected chi connectivity index (χ3v) is 6.10. The number of methoxy groups -OCH3 is 1. The summed E-state index contributed by atoms with van der Waals surface area (Å²) in [7, 11) is -1.60. The Morgan fingerprint density at radius 2 is 1.69 bits per heavy atom. The van der Waals surface area contributed by atoms with Crippen LogP contribution >= 0.6 is 0 Å². The quantitative estimate of drug-likeness (QED) is 0.676. The van der Waals surface area contributed by atoms with Gasteiger partial charge < -0.3 is 4.74 Å². The summed E-state index contributed by atoms with van der Waals surface area (Å²) in [5.41, 5.74) is 7.05. The van der Waals surface area contributed by atoms with E-state index < -0.39 is 10.0 Å². The van der Waals surface area contributed by atoms with Gasteiger partial charge in [0.05, 0.1) is 13.4 Å². The number of aryl methyl sites for hydroxylation is 2. The van der Waals surface area contributed by atoms with E-state index in [-0.39, 0.29) is 5.92 Å². The fourth-order valence-corrected chi connectivity index (χ4v) is 4.79. The van der Waals surface area contributed by atoms with Crippen LogP contribution in [-0.4, -0.2) is 21.8 Å². The summed E-state index contributed by atoms with van der Waals surface area (Å²) >= 11 is 0. The monoisotopic (exact) mass is 407 g/mol. The molecule has 1 N–H and O–H groups in total. The molecule has 0 amide bonds. The van der Waals surface area contributed by atoms with Gasteiger partial charge in [0.15, 0.2) is 0 Å². The highest BCUT2D eigenvalue weighted by atomic mass is 32.2. The Balaban J connectivity index is 1.76. The highest BCUT2D eigenvalue weighted by molar-refractivity contribution is 7.92. The molecule has 1 aliphatic carbocycles. The Hall–Kier alpha value is -2.79. The summed E-state index contributed by atoms with van der Waals surface area (Å²) in [5.74, 6) is 1.09. The van der Waals surface area contributed by atoms with Crippen molar-refractivity contribution in [3.63, 3.8) is 0 Å². The van der Waals surface area contributed by atoms with Crippen LogP contribution in [0.15, 0.2) is 66.7 Å². The second kappa shape index (κ2) is 7.91. The molecule has 0 unspecified atom stereocenters. The number of sulfonamides is 1. The summed E-state index contributed by atoms with van der Waals surface area (Å²) in [6.45, 7) is 0. The van der Waals surface area contributed by atoms with Crippen molar-refractivity contribution in [3.8, 4) is 5.75 Å². The van der Waals surface area contributed by atoms with Gasteiger partial charge >= 0.3 is 0 Å². The Kier molecular flexibility index (Phi) is 5.33. The minimum atomic E-state index is -3.30. The lowest BCUT2D eigenvalue weighted by molar-refractivity contribution is 0.414.